The zero-order valence-corrected chi connectivity index (χ0v) is 17.2. The summed E-state index contributed by atoms with van der Waals surface area (Å²) in [6.45, 7) is 9.60. The Morgan fingerprint density at radius 3 is 2.37 bits per heavy atom. The van der Waals surface area contributed by atoms with Crippen molar-refractivity contribution >= 4 is 11.9 Å². The second kappa shape index (κ2) is 9.62. The third-order valence-corrected chi connectivity index (χ3v) is 5.16. The first-order chi connectivity index (χ1) is 12.9. The van der Waals surface area contributed by atoms with Crippen molar-refractivity contribution in [2.75, 3.05) is 40.4 Å². The third kappa shape index (κ3) is 5.62. The molecule has 27 heavy (non-hydrogen) atoms. The number of likely N-dealkylation sites (tertiary alicyclic amines) is 1. The molecule has 0 radical (unpaired) electrons. The van der Waals surface area contributed by atoms with Crippen LogP contribution in [0.2, 0.25) is 0 Å². The molecule has 0 bridgehead atoms. The van der Waals surface area contributed by atoms with Crippen LogP contribution in [0.15, 0.2) is 29.3 Å². The number of aliphatic imine (C=N–C) groups is 1. The lowest BCUT2D eigenvalue weighted by Crippen LogP contribution is -2.47. The number of hydrogen-bond acceptors (Lipinski definition) is 4. The van der Waals surface area contributed by atoms with Gasteiger partial charge in [0.1, 0.15) is 5.75 Å². The van der Waals surface area contributed by atoms with E-state index < -0.39 is 0 Å². The second-order valence-electron chi connectivity index (χ2n) is 7.57. The van der Waals surface area contributed by atoms with Crippen LogP contribution >= 0.6 is 0 Å². The largest absolute Gasteiger partial charge is 0.497 e. The molecule has 1 aromatic carbocycles. The number of methoxy groups -OCH3 is 2. The number of piperidine rings is 1. The lowest BCUT2D eigenvalue weighted by Gasteiger charge is -2.34. The van der Waals surface area contributed by atoms with Gasteiger partial charge in [-0.2, -0.15) is 0 Å². The monoisotopic (exact) mass is 375 g/mol. The van der Waals surface area contributed by atoms with Crippen molar-refractivity contribution in [2.24, 2.45) is 10.9 Å². The first kappa shape index (κ1) is 21.1. The predicted molar refractivity (Wildman–Crippen MR) is 108 cm³/mol. The van der Waals surface area contributed by atoms with Crippen molar-refractivity contribution in [2.45, 2.75) is 39.0 Å². The molecule has 1 heterocycles. The van der Waals surface area contributed by atoms with Gasteiger partial charge in [-0.1, -0.05) is 26.0 Å². The minimum Gasteiger partial charge on any atom is -0.497 e. The van der Waals surface area contributed by atoms with E-state index >= 15 is 0 Å². The SMILES string of the molecule is CCNC(=NCC(C)(C)c1ccc(OC)cc1)N1CCC(C(=O)OC)CC1. The average molecular weight is 376 g/mol. The van der Waals surface area contributed by atoms with Crippen LogP contribution in [0, 0.1) is 5.92 Å². The number of carbonyl (C=O) groups is 1. The quantitative estimate of drug-likeness (QED) is 0.471. The Balaban J connectivity index is 2.04. The summed E-state index contributed by atoms with van der Waals surface area (Å²) in [6.07, 6.45) is 1.61. The summed E-state index contributed by atoms with van der Waals surface area (Å²) in [4.78, 5) is 18.9. The predicted octanol–water partition coefficient (Wildman–Crippen LogP) is 2.82. The Hall–Kier alpha value is -2.24. The highest BCUT2D eigenvalue weighted by molar-refractivity contribution is 5.80. The van der Waals surface area contributed by atoms with Crippen molar-refractivity contribution in [3.05, 3.63) is 29.8 Å². The molecule has 1 aromatic rings. The third-order valence-electron chi connectivity index (χ3n) is 5.16. The van der Waals surface area contributed by atoms with Crippen LogP contribution in [0.1, 0.15) is 39.2 Å². The van der Waals surface area contributed by atoms with E-state index in [1.807, 2.05) is 12.1 Å². The van der Waals surface area contributed by atoms with Crippen molar-refractivity contribution in [1.29, 1.82) is 0 Å². The number of esters is 1. The Kier molecular flexibility index (Phi) is 7.51. The summed E-state index contributed by atoms with van der Waals surface area (Å²) in [7, 11) is 3.14. The van der Waals surface area contributed by atoms with Crippen molar-refractivity contribution in [3.63, 3.8) is 0 Å². The molecule has 0 atom stereocenters. The van der Waals surface area contributed by atoms with E-state index in [-0.39, 0.29) is 17.3 Å². The van der Waals surface area contributed by atoms with Crippen molar-refractivity contribution in [3.8, 4) is 5.75 Å². The highest BCUT2D eigenvalue weighted by Gasteiger charge is 2.27. The minimum atomic E-state index is -0.0998. The van der Waals surface area contributed by atoms with Gasteiger partial charge in [0.05, 0.1) is 26.7 Å². The fraction of sp³-hybridized carbons (Fsp3) is 0.619. The maximum Gasteiger partial charge on any atom is 0.308 e. The molecule has 1 aliphatic rings. The van der Waals surface area contributed by atoms with Gasteiger partial charge in [0.2, 0.25) is 0 Å². The molecule has 0 unspecified atom stereocenters. The first-order valence-corrected chi connectivity index (χ1v) is 9.67. The van der Waals surface area contributed by atoms with Gasteiger partial charge in [-0.05, 0) is 37.5 Å². The lowest BCUT2D eigenvalue weighted by molar-refractivity contribution is -0.146. The number of hydrogen-bond donors (Lipinski definition) is 1. The standard InChI is InChI=1S/C21H33N3O3/c1-6-22-20(24-13-11-16(12-14-24)19(25)27-5)23-15-21(2,3)17-7-9-18(26-4)10-8-17/h7-10,16H,6,11-15H2,1-5H3,(H,22,23). The number of benzene rings is 1. The smallest absolute Gasteiger partial charge is 0.308 e. The van der Waals surface area contributed by atoms with Crippen molar-refractivity contribution < 1.29 is 14.3 Å². The molecule has 150 valence electrons. The second-order valence-corrected chi connectivity index (χ2v) is 7.57. The zero-order valence-electron chi connectivity index (χ0n) is 17.2. The Morgan fingerprint density at radius 1 is 1.22 bits per heavy atom. The highest BCUT2D eigenvalue weighted by atomic mass is 16.5. The van der Waals surface area contributed by atoms with E-state index in [0.717, 1.165) is 44.2 Å². The molecule has 1 N–H and O–H groups in total. The number of rotatable bonds is 6. The summed E-state index contributed by atoms with van der Waals surface area (Å²) < 4.78 is 10.1. The number of ether oxygens (including phenoxy) is 2. The van der Waals surface area contributed by atoms with Gasteiger partial charge in [-0.3, -0.25) is 9.79 Å². The van der Waals surface area contributed by atoms with Crippen LogP contribution in [0.3, 0.4) is 0 Å². The topological polar surface area (TPSA) is 63.2 Å². The molecule has 2 rings (SSSR count). The molecule has 0 spiro atoms. The number of carbonyl (C=O) groups excluding carboxylic acids is 1. The van der Waals surface area contributed by atoms with Gasteiger partial charge in [-0.25, -0.2) is 0 Å². The van der Waals surface area contributed by atoms with E-state index in [1.54, 1.807) is 7.11 Å². The minimum absolute atomic E-state index is 0.00451. The van der Waals surface area contributed by atoms with Crippen LogP contribution in [-0.2, 0) is 14.9 Å². The molecule has 0 amide bonds. The average Bonchev–Trinajstić information content (AvgIpc) is 2.70. The maximum absolute atomic E-state index is 11.7. The van der Waals surface area contributed by atoms with Crippen LogP contribution < -0.4 is 10.1 Å². The van der Waals surface area contributed by atoms with Gasteiger partial charge in [-0.15, -0.1) is 0 Å². The molecular formula is C21H33N3O3. The Labute approximate surface area is 162 Å². The van der Waals surface area contributed by atoms with Gasteiger partial charge in [0.15, 0.2) is 5.96 Å². The molecule has 0 saturated carbocycles. The van der Waals surface area contributed by atoms with E-state index in [1.165, 1.54) is 12.7 Å². The van der Waals surface area contributed by atoms with Gasteiger partial charge >= 0.3 is 5.97 Å². The molecule has 6 heteroatoms. The molecule has 1 aliphatic heterocycles. The number of nitrogens with zero attached hydrogens (tertiary/aromatic N) is 2. The molecular weight excluding hydrogens is 342 g/mol. The Bertz CT molecular complexity index is 633. The number of nitrogens with one attached hydrogen (secondary N) is 1. The van der Waals surface area contributed by atoms with Crippen LogP contribution in [0.5, 0.6) is 5.75 Å². The summed E-state index contributed by atoms with van der Waals surface area (Å²) in [6, 6.07) is 8.18. The van der Waals surface area contributed by atoms with E-state index in [2.05, 4.69) is 43.1 Å². The molecule has 1 saturated heterocycles. The fourth-order valence-electron chi connectivity index (χ4n) is 3.33. The lowest BCUT2D eigenvalue weighted by atomic mass is 9.85. The van der Waals surface area contributed by atoms with Gasteiger partial charge < -0.3 is 19.7 Å². The van der Waals surface area contributed by atoms with Crippen molar-refractivity contribution in [1.82, 2.24) is 10.2 Å². The zero-order chi connectivity index (χ0) is 19.9. The van der Waals surface area contributed by atoms with E-state index in [0.29, 0.717) is 6.54 Å². The molecule has 1 fully saturated rings. The number of guanidine groups is 1. The van der Waals surface area contributed by atoms with Gasteiger partial charge in [0.25, 0.3) is 0 Å². The van der Waals surface area contributed by atoms with Gasteiger partial charge in [0, 0.05) is 25.0 Å². The summed E-state index contributed by atoms with van der Waals surface area (Å²) in [5, 5.41) is 3.39. The summed E-state index contributed by atoms with van der Waals surface area (Å²) >= 11 is 0. The highest BCUT2D eigenvalue weighted by Crippen LogP contribution is 2.26. The fourth-order valence-corrected chi connectivity index (χ4v) is 3.33. The van der Waals surface area contributed by atoms with E-state index in [9.17, 15) is 4.79 Å². The summed E-state index contributed by atoms with van der Waals surface area (Å²) in [5.74, 6) is 1.68. The summed E-state index contributed by atoms with van der Waals surface area (Å²) in [5.41, 5.74) is 1.14. The van der Waals surface area contributed by atoms with E-state index in [4.69, 9.17) is 14.5 Å². The molecule has 0 aromatic heterocycles. The normalized spacial score (nSPS) is 16.2. The first-order valence-electron chi connectivity index (χ1n) is 9.67. The van der Waals surface area contributed by atoms with Crippen LogP contribution in [-0.4, -0.2) is 57.2 Å². The van der Waals surface area contributed by atoms with Crippen LogP contribution in [0.4, 0.5) is 0 Å². The molecule has 6 nitrogen and oxygen atoms in total. The van der Waals surface area contributed by atoms with Crippen LogP contribution in [0.25, 0.3) is 0 Å². The maximum atomic E-state index is 11.7. The Morgan fingerprint density at radius 2 is 1.85 bits per heavy atom. The molecule has 0 aliphatic carbocycles.